The van der Waals surface area contributed by atoms with Crippen LogP contribution in [0.25, 0.3) is 22.2 Å². The second kappa shape index (κ2) is 9.58. The van der Waals surface area contributed by atoms with Gasteiger partial charge in [-0.25, -0.2) is 0 Å². The van der Waals surface area contributed by atoms with Gasteiger partial charge < -0.3 is 19.5 Å². The maximum atomic E-state index is 12.9. The molecule has 1 aliphatic heterocycles. The van der Waals surface area contributed by atoms with Crippen LogP contribution in [0.5, 0.6) is 5.75 Å². The molecule has 0 amide bonds. The maximum Gasteiger partial charge on any atom is 0.312 e. The lowest BCUT2D eigenvalue weighted by Gasteiger charge is -2.24. The molecular formula is C30H37N3O6S. The molecule has 0 saturated heterocycles. The summed E-state index contributed by atoms with van der Waals surface area (Å²) in [6, 6.07) is 11.6. The monoisotopic (exact) mass is 567 g/mol. The van der Waals surface area contributed by atoms with Crippen molar-refractivity contribution in [3.63, 3.8) is 0 Å². The van der Waals surface area contributed by atoms with E-state index in [1.54, 1.807) is 13.2 Å². The quantitative estimate of drug-likeness (QED) is 0.360. The molecule has 214 valence electrons. The normalized spacial score (nSPS) is 25.1. The van der Waals surface area contributed by atoms with Crippen LogP contribution in [-0.4, -0.2) is 54.7 Å². The van der Waals surface area contributed by atoms with Crippen LogP contribution >= 0.6 is 0 Å². The van der Waals surface area contributed by atoms with Gasteiger partial charge in [-0.3, -0.25) is 4.79 Å². The van der Waals surface area contributed by atoms with Crippen LogP contribution in [0.2, 0.25) is 0 Å². The van der Waals surface area contributed by atoms with Gasteiger partial charge in [-0.2, -0.15) is 17.4 Å². The third kappa shape index (κ3) is 3.99. The van der Waals surface area contributed by atoms with Crippen molar-refractivity contribution in [3.8, 4) is 17.0 Å². The molecule has 0 radical (unpaired) electrons. The van der Waals surface area contributed by atoms with Gasteiger partial charge in [-0.15, -0.1) is 0 Å². The van der Waals surface area contributed by atoms with E-state index in [-0.39, 0.29) is 11.8 Å². The van der Waals surface area contributed by atoms with Crippen molar-refractivity contribution in [1.82, 2.24) is 13.6 Å². The Kier molecular flexibility index (Phi) is 6.53. The molecule has 2 fully saturated rings. The van der Waals surface area contributed by atoms with Crippen LogP contribution in [0.4, 0.5) is 0 Å². The van der Waals surface area contributed by atoms with Gasteiger partial charge in [0.15, 0.2) is 0 Å². The summed E-state index contributed by atoms with van der Waals surface area (Å²) in [4.78, 5) is 12.9. The van der Waals surface area contributed by atoms with Gasteiger partial charge in [0.1, 0.15) is 12.0 Å². The molecule has 0 bridgehead atoms. The highest BCUT2D eigenvalue weighted by molar-refractivity contribution is 7.87. The van der Waals surface area contributed by atoms with Crippen LogP contribution < -0.4 is 9.46 Å². The molecule has 4 atom stereocenters. The number of methoxy groups -OCH3 is 1. The second-order valence-corrected chi connectivity index (χ2v) is 13.7. The number of hydrogen-bond donors (Lipinski definition) is 3. The van der Waals surface area contributed by atoms with E-state index in [0.29, 0.717) is 23.8 Å². The number of hydrogen-bond acceptors (Lipinski definition) is 5. The summed E-state index contributed by atoms with van der Waals surface area (Å²) in [6.45, 7) is 2.30. The summed E-state index contributed by atoms with van der Waals surface area (Å²) in [5.41, 5.74) is 4.56. The highest BCUT2D eigenvalue weighted by atomic mass is 32.2. The molecule has 4 unspecified atom stereocenters. The smallest absolute Gasteiger partial charge is 0.312 e. The second-order valence-electron chi connectivity index (χ2n) is 11.8. The van der Waals surface area contributed by atoms with Gasteiger partial charge in [0.2, 0.25) is 0 Å². The molecule has 2 saturated carbocycles. The summed E-state index contributed by atoms with van der Waals surface area (Å²) >= 11 is 0. The molecule has 3 aliphatic rings. The van der Waals surface area contributed by atoms with Gasteiger partial charge in [-0.1, -0.05) is 38.3 Å². The molecule has 0 spiro atoms. The first-order valence-electron chi connectivity index (χ1n) is 14.0. The zero-order chi connectivity index (χ0) is 28.6. The average molecular weight is 568 g/mol. The van der Waals surface area contributed by atoms with Gasteiger partial charge in [-0.05, 0) is 65.6 Å². The number of nitrogens with zero attached hydrogens (tertiary/aromatic N) is 2. The minimum atomic E-state index is -3.87. The summed E-state index contributed by atoms with van der Waals surface area (Å²) in [6.07, 6.45) is 4.18. The molecular weight excluding hydrogens is 530 g/mol. The van der Waals surface area contributed by atoms with Gasteiger partial charge in [0.05, 0.1) is 18.2 Å². The van der Waals surface area contributed by atoms with E-state index in [9.17, 15) is 23.4 Å². The Morgan fingerprint density at radius 1 is 1.15 bits per heavy atom. The topological polar surface area (TPSA) is 121 Å². The number of benzene rings is 2. The number of aliphatic hydroxyl groups is 1. The molecule has 6 rings (SSSR count). The Morgan fingerprint density at radius 3 is 2.52 bits per heavy atom. The lowest BCUT2D eigenvalue weighted by molar-refractivity contribution is -0.144. The van der Waals surface area contributed by atoms with Crippen molar-refractivity contribution >= 4 is 27.1 Å². The van der Waals surface area contributed by atoms with E-state index in [2.05, 4.69) is 15.4 Å². The van der Waals surface area contributed by atoms with Gasteiger partial charge in [0, 0.05) is 43.0 Å². The van der Waals surface area contributed by atoms with E-state index >= 15 is 0 Å². The molecule has 3 N–H and O–H groups in total. The van der Waals surface area contributed by atoms with Crippen molar-refractivity contribution in [2.75, 3.05) is 21.2 Å². The van der Waals surface area contributed by atoms with Crippen molar-refractivity contribution in [2.24, 2.45) is 11.3 Å². The number of carboxylic acid groups (broad SMARTS) is 1. The van der Waals surface area contributed by atoms with E-state index in [1.165, 1.54) is 26.1 Å². The van der Waals surface area contributed by atoms with Crippen molar-refractivity contribution in [2.45, 2.75) is 63.6 Å². The summed E-state index contributed by atoms with van der Waals surface area (Å²) in [5.74, 6) is 0.00501. The fourth-order valence-corrected chi connectivity index (χ4v) is 7.98. The Morgan fingerprint density at radius 2 is 1.88 bits per heavy atom. The van der Waals surface area contributed by atoms with Gasteiger partial charge in [0.25, 0.3) is 10.2 Å². The predicted molar refractivity (Wildman–Crippen MR) is 152 cm³/mol. The van der Waals surface area contributed by atoms with Crippen molar-refractivity contribution in [3.05, 3.63) is 53.1 Å². The number of nitrogens with one attached hydrogen (secondary N) is 1. The SMILES string of the molecule is COc1ccc2c(c1)C1C(C)C1(C(=O)O)Cn1c-2c(C2CCCCC2)c2ccc(C(O)NS(=O)(=O)N(C)C)cc21. The standard InChI is InChI=1S/C30H37N3O6S/c1-17-26-23-15-20(39-4)11-13-21(23)27-25(18-8-6-5-7-9-18)22-12-10-19(28(34)31-40(37,38)32(2)3)14-24(22)33(27)16-30(17,26)29(35)36/h10-15,17-18,26,28,31,34H,5-9,16H2,1-4H3,(H,35,36). The highest BCUT2D eigenvalue weighted by Gasteiger charge is 2.69. The number of fused-ring (bicyclic) bond motifs is 7. The first-order chi connectivity index (χ1) is 19.0. The predicted octanol–water partition coefficient (Wildman–Crippen LogP) is 4.57. The minimum Gasteiger partial charge on any atom is -0.497 e. The summed E-state index contributed by atoms with van der Waals surface area (Å²) in [7, 11) is 0.543. The molecule has 1 aromatic heterocycles. The average Bonchev–Trinajstić information content (AvgIpc) is 3.45. The summed E-state index contributed by atoms with van der Waals surface area (Å²) in [5, 5.41) is 22.5. The Balaban J connectivity index is 1.61. The highest BCUT2D eigenvalue weighted by Crippen LogP contribution is 2.69. The third-order valence-electron chi connectivity index (χ3n) is 9.62. The molecule has 2 aromatic carbocycles. The number of rotatable bonds is 7. The Bertz CT molecular complexity index is 1610. The largest absolute Gasteiger partial charge is 0.497 e. The number of aliphatic carboxylic acids is 1. The minimum absolute atomic E-state index is 0.0692. The molecule has 10 heteroatoms. The Labute approximate surface area is 234 Å². The first-order valence-corrected chi connectivity index (χ1v) is 15.4. The number of carbonyl (C=O) groups is 1. The fraction of sp³-hybridized carbons (Fsp3) is 0.500. The van der Waals surface area contributed by atoms with Crippen LogP contribution in [-0.2, 0) is 21.5 Å². The first kappa shape index (κ1) is 27.3. The number of aliphatic hydroxyl groups excluding tert-OH is 1. The fourth-order valence-electron chi connectivity index (χ4n) is 7.35. The van der Waals surface area contributed by atoms with E-state index < -0.39 is 27.8 Å². The Hall–Kier alpha value is -2.92. The molecule has 40 heavy (non-hydrogen) atoms. The van der Waals surface area contributed by atoms with Crippen LogP contribution in [0, 0.1) is 11.3 Å². The number of carboxylic acids is 1. The number of aromatic nitrogens is 1. The van der Waals surface area contributed by atoms with Crippen LogP contribution in [0.1, 0.15) is 73.8 Å². The lowest BCUT2D eigenvalue weighted by Crippen LogP contribution is -2.38. The van der Waals surface area contributed by atoms with Crippen molar-refractivity contribution in [1.29, 1.82) is 0 Å². The summed E-state index contributed by atoms with van der Waals surface area (Å²) < 4.78 is 35.9. The zero-order valence-corrected chi connectivity index (χ0v) is 24.2. The molecule has 2 heterocycles. The van der Waals surface area contributed by atoms with E-state index in [0.717, 1.165) is 57.7 Å². The van der Waals surface area contributed by atoms with Gasteiger partial charge >= 0.3 is 5.97 Å². The molecule has 9 nitrogen and oxygen atoms in total. The maximum absolute atomic E-state index is 12.9. The lowest BCUT2D eigenvalue weighted by atomic mass is 9.81. The zero-order valence-electron chi connectivity index (χ0n) is 23.3. The number of ether oxygens (including phenoxy) is 1. The van der Waals surface area contributed by atoms with E-state index in [4.69, 9.17) is 4.74 Å². The third-order valence-corrected chi connectivity index (χ3v) is 11.1. The van der Waals surface area contributed by atoms with Crippen LogP contribution in [0.15, 0.2) is 36.4 Å². The molecule has 2 aliphatic carbocycles. The molecule has 3 aromatic rings. The van der Waals surface area contributed by atoms with Crippen LogP contribution in [0.3, 0.4) is 0 Å². The van der Waals surface area contributed by atoms with E-state index in [1.807, 2.05) is 31.2 Å². The van der Waals surface area contributed by atoms with Crippen molar-refractivity contribution < 1.29 is 28.2 Å².